The normalized spacial score (nSPS) is 20.8. The first-order valence-electron chi connectivity index (χ1n) is 6.77. The molecule has 1 aliphatic carbocycles. The van der Waals surface area contributed by atoms with Gasteiger partial charge < -0.3 is 4.90 Å². The van der Waals surface area contributed by atoms with E-state index in [9.17, 15) is 0 Å². The van der Waals surface area contributed by atoms with Crippen LogP contribution in [0.1, 0.15) is 36.4 Å². The zero-order valence-corrected chi connectivity index (χ0v) is 11.4. The van der Waals surface area contributed by atoms with Crippen LogP contribution < -0.4 is 11.3 Å². The topological polar surface area (TPSA) is 54.2 Å². The van der Waals surface area contributed by atoms with E-state index in [2.05, 4.69) is 35.5 Å². The van der Waals surface area contributed by atoms with Gasteiger partial charge in [0.15, 0.2) is 0 Å². The third kappa shape index (κ3) is 3.07. The van der Waals surface area contributed by atoms with E-state index in [0.29, 0.717) is 12.0 Å². The summed E-state index contributed by atoms with van der Waals surface area (Å²) in [5.41, 5.74) is 5.66. The fourth-order valence-corrected chi connectivity index (χ4v) is 2.83. The monoisotopic (exact) mass is 248 g/mol. The maximum absolute atomic E-state index is 5.75. The van der Waals surface area contributed by atoms with Crippen LogP contribution in [0.3, 0.4) is 0 Å². The summed E-state index contributed by atoms with van der Waals surface area (Å²) in [4.78, 5) is 6.79. The van der Waals surface area contributed by atoms with Crippen molar-refractivity contribution < 1.29 is 0 Å². The Kier molecular flexibility index (Phi) is 4.69. The fourth-order valence-electron chi connectivity index (χ4n) is 2.83. The van der Waals surface area contributed by atoms with Crippen molar-refractivity contribution >= 4 is 0 Å². The zero-order valence-electron chi connectivity index (χ0n) is 11.4. The number of aryl methyl sites for hydroxylation is 1. The Bertz CT molecular complexity index is 378. The highest BCUT2D eigenvalue weighted by atomic mass is 15.2. The molecule has 0 aliphatic heterocycles. The van der Waals surface area contributed by atoms with E-state index in [0.717, 1.165) is 19.4 Å². The van der Waals surface area contributed by atoms with Gasteiger partial charge in [0.25, 0.3) is 0 Å². The molecule has 18 heavy (non-hydrogen) atoms. The molecule has 0 saturated carbocycles. The van der Waals surface area contributed by atoms with Crippen molar-refractivity contribution in [1.29, 1.82) is 0 Å². The minimum absolute atomic E-state index is 0.321. The standard InChI is InChI=1S/C14H24N4/c1-18(2)10-8-13(17-15)12-7-3-5-11-6-4-9-16-14(11)12/h4,6,9,12-13,17H,3,5,7-8,10,15H2,1-2H3. The molecule has 4 nitrogen and oxygen atoms in total. The SMILES string of the molecule is CN(C)CCC(NN)C1CCCc2cccnc21. The molecule has 2 rings (SSSR count). The van der Waals surface area contributed by atoms with E-state index in [-0.39, 0.29) is 0 Å². The Morgan fingerprint density at radius 2 is 2.39 bits per heavy atom. The average molecular weight is 248 g/mol. The molecule has 3 N–H and O–H groups in total. The van der Waals surface area contributed by atoms with Crippen molar-refractivity contribution in [3.05, 3.63) is 29.6 Å². The van der Waals surface area contributed by atoms with Crippen LogP contribution in [-0.4, -0.2) is 36.6 Å². The van der Waals surface area contributed by atoms with E-state index in [1.165, 1.54) is 24.1 Å². The van der Waals surface area contributed by atoms with E-state index >= 15 is 0 Å². The van der Waals surface area contributed by atoms with Crippen LogP contribution in [0, 0.1) is 0 Å². The van der Waals surface area contributed by atoms with Gasteiger partial charge in [0, 0.05) is 23.9 Å². The fraction of sp³-hybridized carbons (Fsp3) is 0.643. The second-order valence-corrected chi connectivity index (χ2v) is 5.41. The van der Waals surface area contributed by atoms with Crippen molar-refractivity contribution in [3.63, 3.8) is 0 Å². The lowest BCUT2D eigenvalue weighted by molar-refractivity contribution is 0.316. The van der Waals surface area contributed by atoms with Gasteiger partial charge in [0.05, 0.1) is 0 Å². The molecule has 1 aliphatic rings. The first-order chi connectivity index (χ1) is 8.72. The van der Waals surface area contributed by atoms with Gasteiger partial charge >= 0.3 is 0 Å². The van der Waals surface area contributed by atoms with Crippen LogP contribution in [0.25, 0.3) is 0 Å². The number of hydrogen-bond acceptors (Lipinski definition) is 4. The molecule has 0 aromatic carbocycles. The molecule has 0 amide bonds. The summed E-state index contributed by atoms with van der Waals surface area (Å²) in [6.07, 6.45) is 6.54. The molecular weight excluding hydrogens is 224 g/mol. The molecule has 0 spiro atoms. The van der Waals surface area contributed by atoms with Gasteiger partial charge in [-0.2, -0.15) is 0 Å². The summed E-state index contributed by atoms with van der Waals surface area (Å²) in [5.74, 6) is 6.21. The zero-order chi connectivity index (χ0) is 13.0. The summed E-state index contributed by atoms with van der Waals surface area (Å²) < 4.78 is 0. The summed E-state index contributed by atoms with van der Waals surface area (Å²) in [7, 11) is 4.20. The molecule has 0 fully saturated rings. The molecule has 0 bridgehead atoms. The van der Waals surface area contributed by atoms with Gasteiger partial charge in [-0.1, -0.05) is 6.07 Å². The van der Waals surface area contributed by atoms with Gasteiger partial charge in [-0.05, 0) is 58.0 Å². The molecule has 1 heterocycles. The molecule has 2 unspecified atom stereocenters. The lowest BCUT2D eigenvalue weighted by atomic mass is 9.81. The predicted octanol–water partition coefficient (Wildman–Crippen LogP) is 1.29. The summed E-state index contributed by atoms with van der Waals surface area (Å²) >= 11 is 0. The number of fused-ring (bicyclic) bond motifs is 1. The van der Waals surface area contributed by atoms with Crippen molar-refractivity contribution in [2.45, 2.75) is 37.6 Å². The number of hydrazine groups is 1. The smallest absolute Gasteiger partial charge is 0.0482 e. The van der Waals surface area contributed by atoms with Crippen LogP contribution >= 0.6 is 0 Å². The second-order valence-electron chi connectivity index (χ2n) is 5.41. The van der Waals surface area contributed by atoms with E-state index in [4.69, 9.17) is 5.84 Å². The van der Waals surface area contributed by atoms with E-state index < -0.39 is 0 Å². The van der Waals surface area contributed by atoms with Crippen LogP contribution in [-0.2, 0) is 6.42 Å². The van der Waals surface area contributed by atoms with Gasteiger partial charge in [0.1, 0.15) is 0 Å². The molecule has 0 saturated heterocycles. The molecule has 1 aromatic heterocycles. The molecule has 4 heteroatoms. The van der Waals surface area contributed by atoms with E-state index in [1.807, 2.05) is 12.3 Å². The van der Waals surface area contributed by atoms with Gasteiger partial charge in [-0.25, -0.2) is 0 Å². The molecular formula is C14H24N4. The Morgan fingerprint density at radius 3 is 3.11 bits per heavy atom. The third-order valence-electron chi connectivity index (χ3n) is 3.83. The molecule has 2 atom stereocenters. The van der Waals surface area contributed by atoms with Crippen molar-refractivity contribution in [1.82, 2.24) is 15.3 Å². The molecule has 1 aromatic rings. The Labute approximate surface area is 110 Å². The maximum atomic E-state index is 5.75. The van der Waals surface area contributed by atoms with Crippen LogP contribution in [0.15, 0.2) is 18.3 Å². The van der Waals surface area contributed by atoms with Crippen molar-refractivity contribution in [2.75, 3.05) is 20.6 Å². The largest absolute Gasteiger partial charge is 0.309 e. The Morgan fingerprint density at radius 1 is 1.56 bits per heavy atom. The average Bonchev–Trinajstić information content (AvgIpc) is 2.39. The minimum Gasteiger partial charge on any atom is -0.309 e. The number of nitrogens with zero attached hydrogens (tertiary/aromatic N) is 2. The lowest BCUT2D eigenvalue weighted by Gasteiger charge is -2.31. The number of rotatable bonds is 5. The minimum atomic E-state index is 0.321. The summed E-state index contributed by atoms with van der Waals surface area (Å²) in [6.45, 7) is 1.05. The molecule has 0 radical (unpaired) electrons. The first-order valence-corrected chi connectivity index (χ1v) is 6.77. The quantitative estimate of drug-likeness (QED) is 0.609. The highest BCUT2D eigenvalue weighted by molar-refractivity contribution is 5.27. The van der Waals surface area contributed by atoms with Crippen LogP contribution in [0.2, 0.25) is 0 Å². The summed E-state index contributed by atoms with van der Waals surface area (Å²) in [6, 6.07) is 4.56. The number of hydrogen-bond donors (Lipinski definition) is 2. The lowest BCUT2D eigenvalue weighted by Crippen LogP contribution is -2.42. The van der Waals surface area contributed by atoms with Crippen molar-refractivity contribution in [3.8, 4) is 0 Å². The van der Waals surface area contributed by atoms with Crippen LogP contribution in [0.5, 0.6) is 0 Å². The van der Waals surface area contributed by atoms with E-state index in [1.54, 1.807) is 0 Å². The highest BCUT2D eigenvalue weighted by Crippen LogP contribution is 2.33. The number of nitrogens with two attached hydrogens (primary N) is 1. The number of nitrogens with one attached hydrogen (secondary N) is 1. The van der Waals surface area contributed by atoms with Crippen molar-refractivity contribution in [2.24, 2.45) is 5.84 Å². The first kappa shape index (κ1) is 13.5. The summed E-state index contributed by atoms with van der Waals surface area (Å²) in [5, 5.41) is 0. The molecule has 100 valence electrons. The van der Waals surface area contributed by atoms with Gasteiger partial charge in [-0.15, -0.1) is 0 Å². The van der Waals surface area contributed by atoms with Gasteiger partial charge in [0.2, 0.25) is 0 Å². The Hall–Kier alpha value is -0.970. The van der Waals surface area contributed by atoms with Gasteiger partial charge in [-0.3, -0.25) is 16.3 Å². The third-order valence-corrected chi connectivity index (χ3v) is 3.83. The maximum Gasteiger partial charge on any atom is 0.0482 e. The second kappa shape index (κ2) is 6.27. The Balaban J connectivity index is 2.12. The predicted molar refractivity (Wildman–Crippen MR) is 74.2 cm³/mol. The highest BCUT2D eigenvalue weighted by Gasteiger charge is 2.28. The van der Waals surface area contributed by atoms with Crippen LogP contribution in [0.4, 0.5) is 0 Å². The number of aromatic nitrogens is 1. The number of pyridine rings is 1.